The lowest BCUT2D eigenvalue weighted by molar-refractivity contribution is 0.321. The second kappa shape index (κ2) is 5.18. The van der Waals surface area contributed by atoms with E-state index in [-0.39, 0.29) is 11.8 Å². The van der Waals surface area contributed by atoms with Crippen molar-refractivity contribution in [1.29, 1.82) is 0 Å². The summed E-state index contributed by atoms with van der Waals surface area (Å²) in [5, 5.41) is 0. The highest BCUT2D eigenvalue weighted by Crippen LogP contribution is 2.22. The fourth-order valence-electron chi connectivity index (χ4n) is 1.77. The van der Waals surface area contributed by atoms with Crippen LogP contribution in [0.1, 0.15) is 25.6 Å². The lowest BCUT2D eigenvalue weighted by Gasteiger charge is -2.12. The smallest absolute Gasteiger partial charge is 0.167 e. The Morgan fingerprint density at radius 3 is 2.89 bits per heavy atom. The van der Waals surface area contributed by atoms with Gasteiger partial charge >= 0.3 is 0 Å². The van der Waals surface area contributed by atoms with Crippen molar-refractivity contribution in [3.05, 3.63) is 42.2 Å². The summed E-state index contributed by atoms with van der Waals surface area (Å²) in [5.41, 5.74) is 7.35. The summed E-state index contributed by atoms with van der Waals surface area (Å²) in [4.78, 5) is 4.04. The average Bonchev–Trinajstić information content (AvgIpc) is 2.81. The standard InChI is InChI=1S/C13H16FN3O/c1-3-18-13-5-4-10(6-11(13)14)17-8-16-7-12(17)9(2)15/h4-9H,3,15H2,1-2H3. The third kappa shape index (κ3) is 2.36. The second-order valence-corrected chi connectivity index (χ2v) is 4.02. The lowest BCUT2D eigenvalue weighted by atomic mass is 10.2. The van der Waals surface area contributed by atoms with Gasteiger partial charge < -0.3 is 15.0 Å². The number of hydrogen-bond acceptors (Lipinski definition) is 3. The van der Waals surface area contributed by atoms with Crippen LogP contribution in [0, 0.1) is 5.82 Å². The molecule has 0 radical (unpaired) electrons. The highest BCUT2D eigenvalue weighted by atomic mass is 19.1. The van der Waals surface area contributed by atoms with E-state index >= 15 is 0 Å². The van der Waals surface area contributed by atoms with Crippen LogP contribution in [0.5, 0.6) is 5.75 Å². The van der Waals surface area contributed by atoms with Crippen LogP contribution in [0.15, 0.2) is 30.7 Å². The van der Waals surface area contributed by atoms with Gasteiger partial charge in [-0.3, -0.25) is 0 Å². The maximum absolute atomic E-state index is 13.8. The molecule has 0 bridgehead atoms. The summed E-state index contributed by atoms with van der Waals surface area (Å²) in [6.45, 7) is 4.11. The SMILES string of the molecule is CCOc1ccc(-n2cncc2C(C)N)cc1F. The summed E-state index contributed by atoms with van der Waals surface area (Å²) in [7, 11) is 0. The summed E-state index contributed by atoms with van der Waals surface area (Å²) < 4.78 is 20.7. The van der Waals surface area contributed by atoms with Crippen LogP contribution in [-0.2, 0) is 0 Å². The summed E-state index contributed by atoms with van der Waals surface area (Å²) in [6.07, 6.45) is 3.30. The number of halogens is 1. The second-order valence-electron chi connectivity index (χ2n) is 4.02. The van der Waals surface area contributed by atoms with Crippen molar-refractivity contribution in [3.63, 3.8) is 0 Å². The number of imidazole rings is 1. The third-order valence-electron chi connectivity index (χ3n) is 2.63. The number of ether oxygens (including phenoxy) is 1. The molecular weight excluding hydrogens is 233 g/mol. The monoisotopic (exact) mass is 249 g/mol. The van der Waals surface area contributed by atoms with E-state index < -0.39 is 5.82 Å². The van der Waals surface area contributed by atoms with E-state index in [1.54, 1.807) is 29.2 Å². The Labute approximate surface area is 105 Å². The van der Waals surface area contributed by atoms with Crippen LogP contribution in [0.2, 0.25) is 0 Å². The predicted octanol–water partition coefficient (Wildman–Crippen LogP) is 2.43. The van der Waals surface area contributed by atoms with E-state index in [4.69, 9.17) is 10.5 Å². The molecule has 2 rings (SSSR count). The molecule has 0 fully saturated rings. The number of benzene rings is 1. The van der Waals surface area contributed by atoms with E-state index in [0.29, 0.717) is 12.3 Å². The van der Waals surface area contributed by atoms with Gasteiger partial charge in [0.25, 0.3) is 0 Å². The minimum Gasteiger partial charge on any atom is -0.491 e. The molecule has 96 valence electrons. The van der Waals surface area contributed by atoms with Gasteiger partial charge in [-0.2, -0.15) is 0 Å². The Morgan fingerprint density at radius 1 is 1.50 bits per heavy atom. The van der Waals surface area contributed by atoms with Gasteiger partial charge in [0.05, 0.1) is 30.5 Å². The van der Waals surface area contributed by atoms with Gasteiger partial charge in [0.15, 0.2) is 11.6 Å². The Morgan fingerprint density at radius 2 is 2.28 bits per heavy atom. The molecule has 0 saturated heterocycles. The summed E-state index contributed by atoms with van der Waals surface area (Å²) in [5.74, 6) is -0.137. The molecule has 0 spiro atoms. The fourth-order valence-corrected chi connectivity index (χ4v) is 1.77. The van der Waals surface area contributed by atoms with Crippen molar-refractivity contribution in [3.8, 4) is 11.4 Å². The Hall–Kier alpha value is -1.88. The first-order valence-electron chi connectivity index (χ1n) is 5.84. The quantitative estimate of drug-likeness (QED) is 0.905. The largest absolute Gasteiger partial charge is 0.491 e. The van der Waals surface area contributed by atoms with Crippen molar-refractivity contribution in [2.75, 3.05) is 6.61 Å². The van der Waals surface area contributed by atoms with Crippen LogP contribution in [0.4, 0.5) is 4.39 Å². The van der Waals surface area contributed by atoms with E-state index in [0.717, 1.165) is 5.69 Å². The first-order chi connectivity index (χ1) is 8.63. The zero-order chi connectivity index (χ0) is 13.1. The van der Waals surface area contributed by atoms with Crippen molar-refractivity contribution in [2.24, 2.45) is 5.73 Å². The van der Waals surface area contributed by atoms with Gasteiger partial charge in [-0.25, -0.2) is 9.37 Å². The molecular formula is C13H16FN3O. The van der Waals surface area contributed by atoms with Gasteiger partial charge in [-0.1, -0.05) is 0 Å². The first-order valence-corrected chi connectivity index (χ1v) is 5.84. The normalized spacial score (nSPS) is 12.4. The third-order valence-corrected chi connectivity index (χ3v) is 2.63. The van der Waals surface area contributed by atoms with E-state index in [1.165, 1.54) is 6.07 Å². The molecule has 2 aromatic rings. The zero-order valence-corrected chi connectivity index (χ0v) is 10.4. The molecule has 1 aromatic carbocycles. The average molecular weight is 249 g/mol. The van der Waals surface area contributed by atoms with Crippen LogP contribution in [0.3, 0.4) is 0 Å². The van der Waals surface area contributed by atoms with Gasteiger partial charge in [0, 0.05) is 12.1 Å². The number of nitrogens with zero attached hydrogens (tertiary/aromatic N) is 2. The van der Waals surface area contributed by atoms with Gasteiger partial charge in [0.2, 0.25) is 0 Å². The van der Waals surface area contributed by atoms with Crippen molar-refractivity contribution >= 4 is 0 Å². The van der Waals surface area contributed by atoms with E-state index in [9.17, 15) is 4.39 Å². The Bertz CT molecular complexity index is 537. The van der Waals surface area contributed by atoms with Crippen LogP contribution >= 0.6 is 0 Å². The molecule has 18 heavy (non-hydrogen) atoms. The number of nitrogens with two attached hydrogens (primary N) is 1. The molecule has 5 heteroatoms. The summed E-state index contributed by atoms with van der Waals surface area (Å²) >= 11 is 0. The Kier molecular flexibility index (Phi) is 3.62. The zero-order valence-electron chi connectivity index (χ0n) is 10.4. The molecule has 1 aromatic heterocycles. The van der Waals surface area contributed by atoms with Gasteiger partial charge in [0.1, 0.15) is 0 Å². The molecule has 1 heterocycles. The maximum Gasteiger partial charge on any atom is 0.167 e. The van der Waals surface area contributed by atoms with Gasteiger partial charge in [-0.05, 0) is 26.0 Å². The summed E-state index contributed by atoms with van der Waals surface area (Å²) in [6, 6.07) is 4.64. The molecule has 1 atom stereocenters. The molecule has 0 aliphatic heterocycles. The van der Waals surface area contributed by atoms with Crippen molar-refractivity contribution < 1.29 is 9.13 Å². The number of aromatic nitrogens is 2. The molecule has 0 aliphatic rings. The fraction of sp³-hybridized carbons (Fsp3) is 0.308. The maximum atomic E-state index is 13.8. The van der Waals surface area contributed by atoms with Crippen LogP contribution in [0.25, 0.3) is 5.69 Å². The molecule has 4 nitrogen and oxygen atoms in total. The molecule has 0 saturated carbocycles. The van der Waals surface area contributed by atoms with Crippen LogP contribution < -0.4 is 10.5 Å². The van der Waals surface area contributed by atoms with Crippen molar-refractivity contribution in [2.45, 2.75) is 19.9 Å². The molecule has 1 unspecified atom stereocenters. The Balaban J connectivity index is 2.39. The first kappa shape index (κ1) is 12.6. The van der Waals surface area contributed by atoms with Crippen molar-refractivity contribution in [1.82, 2.24) is 9.55 Å². The molecule has 0 amide bonds. The van der Waals surface area contributed by atoms with E-state index in [2.05, 4.69) is 4.98 Å². The minimum atomic E-state index is -0.390. The van der Waals surface area contributed by atoms with E-state index in [1.807, 2.05) is 13.8 Å². The molecule has 2 N–H and O–H groups in total. The lowest BCUT2D eigenvalue weighted by Crippen LogP contribution is -2.10. The predicted molar refractivity (Wildman–Crippen MR) is 67.3 cm³/mol. The highest BCUT2D eigenvalue weighted by Gasteiger charge is 2.10. The van der Waals surface area contributed by atoms with Crippen LogP contribution in [-0.4, -0.2) is 16.2 Å². The number of hydrogen-bond donors (Lipinski definition) is 1. The molecule has 0 aliphatic carbocycles. The number of rotatable bonds is 4. The van der Waals surface area contributed by atoms with Gasteiger partial charge in [-0.15, -0.1) is 0 Å². The minimum absolute atomic E-state index is 0.165. The topological polar surface area (TPSA) is 53.1 Å². The highest BCUT2D eigenvalue weighted by molar-refractivity contribution is 5.40.